The van der Waals surface area contributed by atoms with E-state index in [9.17, 15) is 8.78 Å². The molecule has 0 atom stereocenters. The van der Waals surface area contributed by atoms with Gasteiger partial charge in [0.1, 0.15) is 11.6 Å². The Morgan fingerprint density at radius 2 is 1.62 bits per heavy atom. The summed E-state index contributed by atoms with van der Waals surface area (Å²) in [7, 11) is 0. The number of nitrogens with zero attached hydrogens (tertiary/aromatic N) is 3. The van der Waals surface area contributed by atoms with Gasteiger partial charge in [-0.25, -0.2) is 18.7 Å². The molecule has 5 rings (SSSR count). The van der Waals surface area contributed by atoms with Crippen LogP contribution in [0.2, 0.25) is 0 Å². The van der Waals surface area contributed by atoms with E-state index in [4.69, 9.17) is 15.7 Å². The number of nitrogens with one attached hydrogen (secondary N) is 1. The number of hydrogen-bond acceptors (Lipinski definition) is 5. The second-order valence-corrected chi connectivity index (χ2v) is 10.7. The smallest absolute Gasteiger partial charge is 0.263 e. The quantitative estimate of drug-likeness (QED) is 0.294. The zero-order chi connectivity index (χ0) is 28.7. The number of aryl methyl sites for hydroxylation is 2. The minimum absolute atomic E-state index is 0.0635. The lowest BCUT2D eigenvalue weighted by Crippen LogP contribution is -2.60. The third-order valence-corrected chi connectivity index (χ3v) is 7.56. The van der Waals surface area contributed by atoms with Crippen LogP contribution in [0.3, 0.4) is 0 Å². The van der Waals surface area contributed by atoms with E-state index in [0.29, 0.717) is 29.0 Å². The van der Waals surface area contributed by atoms with Crippen LogP contribution >= 0.6 is 0 Å². The summed E-state index contributed by atoms with van der Waals surface area (Å²) in [4.78, 5) is 12.1. The fourth-order valence-corrected chi connectivity index (χ4v) is 5.75. The minimum atomic E-state index is -2.55. The molecule has 214 valence electrons. The number of fused-ring (bicyclic) bond motifs is 1. The molecule has 1 saturated heterocycles. The van der Waals surface area contributed by atoms with Gasteiger partial charge in [-0.2, -0.15) is 0 Å². The maximum absolute atomic E-state index is 13.2. The molecule has 2 aromatic carbocycles. The van der Waals surface area contributed by atoms with Crippen molar-refractivity contribution in [3.8, 4) is 0 Å². The fraction of sp³-hybridized carbons (Fsp3) is 0.562. The van der Waals surface area contributed by atoms with Crippen LogP contribution in [-0.2, 0) is 19.4 Å². The summed E-state index contributed by atoms with van der Waals surface area (Å²) in [6.07, 6.45) is 4.59. The highest BCUT2D eigenvalue weighted by molar-refractivity contribution is 5.96. The number of alkyl halides is 2. The molecular weight excluding hydrogens is 492 g/mol. The molecule has 0 unspecified atom stereocenters. The highest BCUT2D eigenvalue weighted by Crippen LogP contribution is 2.51. The Hall–Kier alpha value is -2.96. The van der Waals surface area contributed by atoms with Crippen molar-refractivity contribution < 1.29 is 8.78 Å². The van der Waals surface area contributed by atoms with Gasteiger partial charge < -0.3 is 16.0 Å². The maximum atomic E-state index is 13.2. The van der Waals surface area contributed by atoms with Crippen LogP contribution in [-0.4, -0.2) is 23.1 Å². The molecule has 2 aliphatic rings. The molecule has 0 bridgehead atoms. The van der Waals surface area contributed by atoms with Gasteiger partial charge >= 0.3 is 0 Å². The number of halogens is 2. The molecule has 3 N–H and O–H groups in total. The monoisotopic (exact) mass is 539 g/mol. The number of hydrogen-bond donors (Lipinski definition) is 2. The third kappa shape index (κ3) is 6.62. The Labute approximate surface area is 233 Å². The van der Waals surface area contributed by atoms with E-state index in [-0.39, 0.29) is 5.56 Å². The highest BCUT2D eigenvalue weighted by Gasteiger charge is 2.47. The Morgan fingerprint density at radius 3 is 2.15 bits per heavy atom. The van der Waals surface area contributed by atoms with E-state index < -0.39 is 6.43 Å². The van der Waals surface area contributed by atoms with Crippen molar-refractivity contribution in [1.82, 2.24) is 9.97 Å². The van der Waals surface area contributed by atoms with Gasteiger partial charge in [0.2, 0.25) is 0 Å². The predicted octanol–water partition coefficient (Wildman–Crippen LogP) is 8.63. The average Bonchev–Trinajstić information content (AvgIpc) is 2.86. The molecule has 0 radical (unpaired) electrons. The third-order valence-electron chi connectivity index (χ3n) is 7.56. The van der Waals surface area contributed by atoms with Crippen LogP contribution in [0.1, 0.15) is 102 Å². The first kappa shape index (κ1) is 30.6. The number of anilines is 3. The Morgan fingerprint density at radius 1 is 0.974 bits per heavy atom. The molecule has 5 nitrogen and oxygen atoms in total. The summed E-state index contributed by atoms with van der Waals surface area (Å²) < 4.78 is 26.5. The molecule has 1 saturated carbocycles. The number of rotatable bonds is 7. The standard InChI is InChI=1S/C27H33F2N5.C3H8.C2H6/c1-4-20-21(5-2)24-22(12-23(20)34-14-27(15-34)7-6-8-27)26(33-16(3)32-24)31-13-17-9-18(25(28)29)11-19(30)10-17;1-3-2;1-2/h9-12,25H,4-8,13-15,30H2,1-3H3,(H,31,32,33);3H2,1-2H3;1-2H3. The lowest BCUT2D eigenvalue weighted by atomic mass is 9.63. The average molecular weight is 540 g/mol. The lowest BCUT2D eigenvalue weighted by molar-refractivity contribution is 0.0903. The van der Waals surface area contributed by atoms with Crippen LogP contribution in [0.5, 0.6) is 0 Å². The maximum Gasteiger partial charge on any atom is 0.263 e. The molecule has 0 amide bonds. The van der Waals surface area contributed by atoms with Crippen LogP contribution in [0.4, 0.5) is 26.0 Å². The fourth-order valence-electron chi connectivity index (χ4n) is 5.75. The van der Waals surface area contributed by atoms with E-state index in [1.807, 2.05) is 20.8 Å². The largest absolute Gasteiger partial charge is 0.399 e. The second-order valence-electron chi connectivity index (χ2n) is 10.7. The molecule has 1 aliphatic heterocycles. The summed E-state index contributed by atoms with van der Waals surface area (Å²) in [5, 5.41) is 4.39. The van der Waals surface area contributed by atoms with E-state index in [1.54, 1.807) is 6.07 Å². The van der Waals surface area contributed by atoms with Gasteiger partial charge in [0, 0.05) is 47.4 Å². The van der Waals surface area contributed by atoms with Crippen molar-refractivity contribution in [3.63, 3.8) is 0 Å². The van der Waals surface area contributed by atoms with Crippen molar-refractivity contribution in [2.24, 2.45) is 5.41 Å². The molecule has 1 aromatic heterocycles. The summed E-state index contributed by atoms with van der Waals surface area (Å²) >= 11 is 0. The molecule has 2 fully saturated rings. The van der Waals surface area contributed by atoms with Gasteiger partial charge in [-0.15, -0.1) is 0 Å². The molecule has 1 spiro atoms. The summed E-state index contributed by atoms with van der Waals surface area (Å²) in [5.41, 5.74) is 12.3. The first-order chi connectivity index (χ1) is 18.7. The summed E-state index contributed by atoms with van der Waals surface area (Å²) in [6.45, 7) is 17.2. The van der Waals surface area contributed by atoms with Crippen molar-refractivity contribution in [1.29, 1.82) is 0 Å². The molecule has 1 aliphatic carbocycles. The molecule has 3 aromatic rings. The number of nitrogen functional groups attached to an aromatic ring is 1. The van der Waals surface area contributed by atoms with Crippen LogP contribution < -0.4 is 16.0 Å². The number of aromatic nitrogens is 2. The summed E-state index contributed by atoms with van der Waals surface area (Å²) in [5.74, 6) is 1.43. The Balaban J connectivity index is 0.000000787. The zero-order valence-electron chi connectivity index (χ0n) is 24.9. The number of nitrogens with two attached hydrogens (primary N) is 1. The van der Waals surface area contributed by atoms with Crippen LogP contribution in [0, 0.1) is 12.3 Å². The lowest BCUT2D eigenvalue weighted by Gasteiger charge is -2.57. The van der Waals surface area contributed by atoms with Crippen molar-refractivity contribution in [3.05, 3.63) is 52.3 Å². The van der Waals surface area contributed by atoms with Gasteiger partial charge in [0.15, 0.2) is 0 Å². The van der Waals surface area contributed by atoms with Crippen LogP contribution in [0.15, 0.2) is 24.3 Å². The second kappa shape index (κ2) is 13.4. The van der Waals surface area contributed by atoms with Crippen molar-refractivity contribution in [2.75, 3.05) is 29.0 Å². The van der Waals surface area contributed by atoms with E-state index in [2.05, 4.69) is 44.0 Å². The SMILES string of the molecule is CC.CCC.CCc1c(N2CC3(CCC3)C2)cc2c(NCc3cc(N)cc(C(F)F)c3)nc(C)nc2c1CC. The van der Waals surface area contributed by atoms with E-state index in [0.717, 1.165) is 42.7 Å². The zero-order valence-corrected chi connectivity index (χ0v) is 24.9. The first-order valence-corrected chi connectivity index (χ1v) is 14.7. The van der Waals surface area contributed by atoms with E-state index >= 15 is 0 Å². The highest BCUT2D eigenvalue weighted by atomic mass is 19.3. The van der Waals surface area contributed by atoms with Crippen molar-refractivity contribution in [2.45, 2.75) is 100.0 Å². The van der Waals surface area contributed by atoms with Gasteiger partial charge in [0.25, 0.3) is 6.43 Å². The van der Waals surface area contributed by atoms with Gasteiger partial charge in [0.05, 0.1) is 5.52 Å². The van der Waals surface area contributed by atoms with Gasteiger partial charge in [-0.3, -0.25) is 0 Å². The molecule has 39 heavy (non-hydrogen) atoms. The molecular formula is C32H47F2N5. The van der Waals surface area contributed by atoms with Gasteiger partial charge in [-0.05, 0) is 73.6 Å². The summed E-state index contributed by atoms with van der Waals surface area (Å²) in [6, 6.07) is 6.79. The first-order valence-electron chi connectivity index (χ1n) is 14.7. The normalized spacial score (nSPS) is 15.2. The van der Waals surface area contributed by atoms with E-state index in [1.165, 1.54) is 54.6 Å². The minimum Gasteiger partial charge on any atom is -0.399 e. The van der Waals surface area contributed by atoms with Gasteiger partial charge in [-0.1, -0.05) is 54.4 Å². The molecule has 2 heterocycles. The van der Waals surface area contributed by atoms with Crippen molar-refractivity contribution >= 4 is 28.1 Å². The molecule has 7 heteroatoms. The Bertz CT molecular complexity index is 1250. The Kier molecular flexibility index (Phi) is 10.5. The topological polar surface area (TPSA) is 67.1 Å². The number of benzene rings is 2. The van der Waals surface area contributed by atoms with Crippen LogP contribution in [0.25, 0.3) is 10.9 Å². The predicted molar refractivity (Wildman–Crippen MR) is 162 cm³/mol.